The molecule has 25 heavy (non-hydrogen) atoms. The van der Waals surface area contributed by atoms with Gasteiger partial charge in [-0.2, -0.15) is 4.98 Å². The first kappa shape index (κ1) is 15.6. The maximum Gasteiger partial charge on any atom is 0.268 e. The Hall–Kier alpha value is -2.92. The second kappa shape index (κ2) is 6.91. The van der Waals surface area contributed by atoms with E-state index in [1.54, 1.807) is 11.3 Å². The molecule has 0 radical (unpaired) electrons. The monoisotopic (exact) mass is 348 g/mol. The molecule has 0 amide bonds. The van der Waals surface area contributed by atoms with Crippen LogP contribution in [0.15, 0.2) is 70.6 Å². The molecular formula is C20H16N2O2S. The van der Waals surface area contributed by atoms with Gasteiger partial charge in [-0.15, -0.1) is 11.3 Å². The van der Waals surface area contributed by atoms with Crippen molar-refractivity contribution in [1.29, 1.82) is 0 Å². The van der Waals surface area contributed by atoms with Gasteiger partial charge in [-0.1, -0.05) is 41.1 Å². The summed E-state index contributed by atoms with van der Waals surface area (Å²) in [6, 6.07) is 20.0. The average molecular weight is 348 g/mol. The molecule has 0 aliphatic heterocycles. The van der Waals surface area contributed by atoms with Gasteiger partial charge in [-0.05, 0) is 48.2 Å². The Labute approximate surface area is 149 Å². The summed E-state index contributed by atoms with van der Waals surface area (Å²) < 4.78 is 11.2. The summed E-state index contributed by atoms with van der Waals surface area (Å²) in [5.41, 5.74) is 3.29. The molecule has 0 aliphatic rings. The summed E-state index contributed by atoms with van der Waals surface area (Å²) in [7, 11) is 0. The average Bonchev–Trinajstić information content (AvgIpc) is 3.33. The van der Waals surface area contributed by atoms with Crippen molar-refractivity contribution >= 4 is 11.3 Å². The van der Waals surface area contributed by atoms with Crippen LogP contribution in [0.25, 0.3) is 22.2 Å². The summed E-state index contributed by atoms with van der Waals surface area (Å²) in [5.74, 6) is 1.93. The molecule has 124 valence electrons. The van der Waals surface area contributed by atoms with Crippen LogP contribution in [-0.4, -0.2) is 10.1 Å². The van der Waals surface area contributed by atoms with E-state index in [1.165, 1.54) is 5.56 Å². The van der Waals surface area contributed by atoms with Crippen LogP contribution in [-0.2, 0) is 6.61 Å². The molecule has 0 saturated carbocycles. The molecule has 5 heteroatoms. The highest BCUT2D eigenvalue weighted by Gasteiger charge is 2.11. The van der Waals surface area contributed by atoms with E-state index < -0.39 is 0 Å². The number of ether oxygens (including phenoxy) is 1. The van der Waals surface area contributed by atoms with Gasteiger partial charge in [0.15, 0.2) is 0 Å². The first-order valence-corrected chi connectivity index (χ1v) is 8.82. The van der Waals surface area contributed by atoms with Crippen molar-refractivity contribution in [3.05, 3.63) is 77.2 Å². The maximum absolute atomic E-state index is 5.82. The zero-order valence-electron chi connectivity index (χ0n) is 13.7. The topological polar surface area (TPSA) is 48.2 Å². The summed E-state index contributed by atoms with van der Waals surface area (Å²) in [5, 5.41) is 6.04. The largest absolute Gasteiger partial charge is 0.489 e. The van der Waals surface area contributed by atoms with E-state index in [2.05, 4.69) is 41.3 Å². The molecular weight excluding hydrogens is 332 g/mol. The van der Waals surface area contributed by atoms with Crippen LogP contribution in [0.3, 0.4) is 0 Å². The van der Waals surface area contributed by atoms with Crippen molar-refractivity contribution in [3.63, 3.8) is 0 Å². The first-order chi connectivity index (χ1) is 12.3. The molecule has 4 aromatic rings. The highest BCUT2D eigenvalue weighted by molar-refractivity contribution is 7.13. The van der Waals surface area contributed by atoms with E-state index in [4.69, 9.17) is 9.26 Å². The zero-order chi connectivity index (χ0) is 17.1. The summed E-state index contributed by atoms with van der Waals surface area (Å²) in [6.07, 6.45) is 0. The first-order valence-electron chi connectivity index (χ1n) is 7.94. The fourth-order valence-corrected chi connectivity index (χ4v) is 3.04. The van der Waals surface area contributed by atoms with E-state index >= 15 is 0 Å². The third-order valence-electron chi connectivity index (χ3n) is 3.80. The second-order valence-corrected chi connectivity index (χ2v) is 6.65. The molecule has 0 saturated heterocycles. The number of rotatable bonds is 5. The van der Waals surface area contributed by atoms with Crippen LogP contribution >= 0.6 is 11.3 Å². The van der Waals surface area contributed by atoms with E-state index in [0.29, 0.717) is 18.3 Å². The predicted octanol–water partition coefficient (Wildman–Crippen LogP) is 5.35. The van der Waals surface area contributed by atoms with Crippen molar-refractivity contribution in [1.82, 2.24) is 10.1 Å². The van der Waals surface area contributed by atoms with Crippen LogP contribution in [0, 0.1) is 6.92 Å². The van der Waals surface area contributed by atoms with Gasteiger partial charge in [-0.25, -0.2) is 0 Å². The maximum atomic E-state index is 5.82. The van der Waals surface area contributed by atoms with Gasteiger partial charge in [0.25, 0.3) is 5.89 Å². The Balaban J connectivity index is 1.44. The van der Waals surface area contributed by atoms with Crippen molar-refractivity contribution in [2.45, 2.75) is 13.5 Å². The summed E-state index contributed by atoms with van der Waals surface area (Å²) in [6.45, 7) is 2.62. The second-order valence-electron chi connectivity index (χ2n) is 5.70. The van der Waals surface area contributed by atoms with Gasteiger partial charge < -0.3 is 9.26 Å². The van der Waals surface area contributed by atoms with E-state index in [0.717, 1.165) is 21.8 Å². The molecule has 0 fully saturated rings. The Morgan fingerprint density at radius 1 is 1.00 bits per heavy atom. The lowest BCUT2D eigenvalue weighted by Crippen LogP contribution is -1.95. The molecule has 2 aromatic heterocycles. The smallest absolute Gasteiger partial charge is 0.268 e. The Kier molecular flexibility index (Phi) is 4.31. The normalized spacial score (nSPS) is 10.8. The molecule has 4 nitrogen and oxygen atoms in total. The minimum absolute atomic E-state index is 0.546. The molecule has 0 N–H and O–H groups in total. The quantitative estimate of drug-likeness (QED) is 0.487. The lowest BCUT2D eigenvalue weighted by Gasteiger charge is -2.07. The number of thiophene rings is 1. The number of nitrogens with zero attached hydrogens (tertiary/aromatic N) is 2. The van der Waals surface area contributed by atoms with Crippen molar-refractivity contribution in [2.24, 2.45) is 0 Å². The lowest BCUT2D eigenvalue weighted by atomic mass is 10.2. The van der Waals surface area contributed by atoms with Crippen molar-refractivity contribution < 1.29 is 9.26 Å². The van der Waals surface area contributed by atoms with Gasteiger partial charge in [0.1, 0.15) is 12.4 Å². The van der Waals surface area contributed by atoms with Crippen LogP contribution in [0.5, 0.6) is 5.75 Å². The highest BCUT2D eigenvalue weighted by Crippen LogP contribution is 2.26. The van der Waals surface area contributed by atoms with Crippen molar-refractivity contribution in [3.8, 4) is 27.9 Å². The van der Waals surface area contributed by atoms with Crippen molar-refractivity contribution in [2.75, 3.05) is 0 Å². The molecule has 2 aromatic carbocycles. The third-order valence-corrected chi connectivity index (χ3v) is 4.65. The van der Waals surface area contributed by atoms with E-state index in [1.807, 2.05) is 41.8 Å². The predicted molar refractivity (Wildman–Crippen MR) is 98.6 cm³/mol. The minimum Gasteiger partial charge on any atom is -0.489 e. The molecule has 0 bridgehead atoms. The van der Waals surface area contributed by atoms with Crippen LogP contribution in [0.1, 0.15) is 11.1 Å². The minimum atomic E-state index is 0.546. The van der Waals surface area contributed by atoms with E-state index in [-0.39, 0.29) is 0 Å². The third kappa shape index (κ3) is 3.61. The van der Waals surface area contributed by atoms with Gasteiger partial charge in [0, 0.05) is 5.56 Å². The molecule has 0 aliphatic carbocycles. The van der Waals surface area contributed by atoms with Gasteiger partial charge >= 0.3 is 0 Å². The zero-order valence-corrected chi connectivity index (χ0v) is 14.5. The summed E-state index contributed by atoms with van der Waals surface area (Å²) >= 11 is 1.58. The molecule has 0 unspecified atom stereocenters. The van der Waals surface area contributed by atoms with Crippen LogP contribution in [0.2, 0.25) is 0 Å². The SMILES string of the molecule is Cc1ccc(COc2ccc(-c3noc(-c4cccs4)n3)cc2)cc1. The van der Waals surface area contributed by atoms with Gasteiger partial charge in [0.05, 0.1) is 4.88 Å². The lowest BCUT2D eigenvalue weighted by molar-refractivity contribution is 0.306. The highest BCUT2D eigenvalue weighted by atomic mass is 32.1. The standard InChI is InChI=1S/C20H16N2O2S/c1-14-4-6-15(7-5-14)13-23-17-10-8-16(9-11-17)19-21-20(24-22-19)18-3-2-12-25-18/h2-12H,13H2,1H3. The Bertz CT molecular complexity index is 942. The number of hydrogen-bond acceptors (Lipinski definition) is 5. The molecule has 0 spiro atoms. The van der Waals surface area contributed by atoms with E-state index in [9.17, 15) is 0 Å². The Morgan fingerprint density at radius 3 is 2.52 bits per heavy atom. The van der Waals surface area contributed by atoms with Crippen LogP contribution < -0.4 is 4.74 Å². The van der Waals surface area contributed by atoms with Crippen LogP contribution in [0.4, 0.5) is 0 Å². The number of benzene rings is 2. The fourth-order valence-electron chi connectivity index (χ4n) is 2.39. The number of hydrogen-bond donors (Lipinski definition) is 0. The number of aryl methyl sites for hydroxylation is 1. The molecule has 2 heterocycles. The van der Waals surface area contributed by atoms with Gasteiger partial charge in [-0.3, -0.25) is 0 Å². The molecule has 4 rings (SSSR count). The Morgan fingerprint density at radius 2 is 1.80 bits per heavy atom. The number of aromatic nitrogens is 2. The summed E-state index contributed by atoms with van der Waals surface area (Å²) in [4.78, 5) is 5.42. The molecule has 0 atom stereocenters. The van der Waals surface area contributed by atoms with Gasteiger partial charge in [0.2, 0.25) is 5.82 Å². The fraction of sp³-hybridized carbons (Fsp3) is 0.100.